The second-order valence-corrected chi connectivity index (χ2v) is 5.11. The highest BCUT2D eigenvalue weighted by Crippen LogP contribution is 2.36. The SMILES string of the molecule is CCn1cc(C(O)C2CCCC(C)C2)cn1. The third-order valence-corrected chi connectivity index (χ3v) is 3.74. The highest BCUT2D eigenvalue weighted by Gasteiger charge is 2.26. The molecular weight excluding hydrogens is 200 g/mol. The van der Waals surface area contributed by atoms with Crippen LogP contribution in [0.1, 0.15) is 51.2 Å². The fourth-order valence-corrected chi connectivity index (χ4v) is 2.75. The third-order valence-electron chi connectivity index (χ3n) is 3.74. The molecule has 1 saturated carbocycles. The molecule has 16 heavy (non-hydrogen) atoms. The average molecular weight is 222 g/mol. The molecule has 0 radical (unpaired) electrons. The van der Waals surface area contributed by atoms with Crippen molar-refractivity contribution in [3.63, 3.8) is 0 Å². The third kappa shape index (κ3) is 2.46. The minimum absolute atomic E-state index is 0.317. The van der Waals surface area contributed by atoms with Gasteiger partial charge >= 0.3 is 0 Å². The van der Waals surface area contributed by atoms with Crippen LogP contribution in [0.4, 0.5) is 0 Å². The van der Waals surface area contributed by atoms with Gasteiger partial charge in [-0.2, -0.15) is 5.10 Å². The molecule has 0 spiro atoms. The van der Waals surface area contributed by atoms with E-state index in [0.717, 1.165) is 30.9 Å². The number of aryl methyl sites for hydroxylation is 1. The zero-order chi connectivity index (χ0) is 11.5. The van der Waals surface area contributed by atoms with Crippen LogP contribution in [0.25, 0.3) is 0 Å². The van der Waals surface area contributed by atoms with Crippen LogP contribution in [0, 0.1) is 11.8 Å². The maximum atomic E-state index is 10.3. The van der Waals surface area contributed by atoms with Gasteiger partial charge in [-0.3, -0.25) is 4.68 Å². The van der Waals surface area contributed by atoms with E-state index in [1.807, 2.05) is 17.1 Å². The van der Waals surface area contributed by atoms with Crippen LogP contribution in [0.3, 0.4) is 0 Å². The Morgan fingerprint density at radius 3 is 3.00 bits per heavy atom. The lowest BCUT2D eigenvalue weighted by Crippen LogP contribution is -2.19. The standard InChI is InChI=1S/C13H22N2O/c1-3-15-9-12(8-14-15)13(16)11-6-4-5-10(2)7-11/h8-11,13,16H,3-7H2,1-2H3. The Balaban J connectivity index is 2.02. The lowest BCUT2D eigenvalue weighted by atomic mass is 9.78. The average Bonchev–Trinajstić information content (AvgIpc) is 2.76. The van der Waals surface area contributed by atoms with E-state index in [0.29, 0.717) is 5.92 Å². The number of aromatic nitrogens is 2. The van der Waals surface area contributed by atoms with Gasteiger partial charge in [-0.25, -0.2) is 0 Å². The fourth-order valence-electron chi connectivity index (χ4n) is 2.75. The van der Waals surface area contributed by atoms with E-state index in [2.05, 4.69) is 18.9 Å². The van der Waals surface area contributed by atoms with Gasteiger partial charge in [0, 0.05) is 18.3 Å². The Hall–Kier alpha value is -0.830. The van der Waals surface area contributed by atoms with Gasteiger partial charge in [0.2, 0.25) is 0 Å². The van der Waals surface area contributed by atoms with E-state index in [-0.39, 0.29) is 6.10 Å². The molecular formula is C13H22N2O. The van der Waals surface area contributed by atoms with Gasteiger partial charge in [0.05, 0.1) is 12.3 Å². The molecule has 1 aromatic rings. The van der Waals surface area contributed by atoms with Crippen molar-refractivity contribution in [2.45, 2.75) is 52.2 Å². The highest BCUT2D eigenvalue weighted by molar-refractivity contribution is 5.09. The van der Waals surface area contributed by atoms with Crippen LogP contribution < -0.4 is 0 Å². The molecule has 3 atom stereocenters. The topological polar surface area (TPSA) is 38.0 Å². The molecule has 0 saturated heterocycles. The number of nitrogens with zero attached hydrogens (tertiary/aromatic N) is 2. The Labute approximate surface area is 97.5 Å². The summed E-state index contributed by atoms with van der Waals surface area (Å²) in [4.78, 5) is 0. The summed E-state index contributed by atoms with van der Waals surface area (Å²) in [5.74, 6) is 1.19. The molecule has 1 heterocycles. The lowest BCUT2D eigenvalue weighted by molar-refractivity contribution is 0.0713. The van der Waals surface area contributed by atoms with E-state index in [1.165, 1.54) is 12.8 Å². The van der Waals surface area contributed by atoms with Crippen molar-refractivity contribution in [1.82, 2.24) is 9.78 Å². The van der Waals surface area contributed by atoms with Crippen molar-refractivity contribution >= 4 is 0 Å². The van der Waals surface area contributed by atoms with E-state index in [9.17, 15) is 5.11 Å². The summed E-state index contributed by atoms with van der Waals surface area (Å²) in [5, 5.41) is 14.5. The minimum Gasteiger partial charge on any atom is -0.388 e. The molecule has 1 fully saturated rings. The summed E-state index contributed by atoms with van der Waals surface area (Å²) in [7, 11) is 0. The van der Waals surface area contributed by atoms with Crippen LogP contribution in [-0.2, 0) is 6.54 Å². The quantitative estimate of drug-likeness (QED) is 0.854. The van der Waals surface area contributed by atoms with Crippen LogP contribution >= 0.6 is 0 Å². The van der Waals surface area contributed by atoms with E-state index >= 15 is 0 Å². The molecule has 0 aliphatic heterocycles. The van der Waals surface area contributed by atoms with Crippen LogP contribution in [0.2, 0.25) is 0 Å². The van der Waals surface area contributed by atoms with Crippen LogP contribution in [0.15, 0.2) is 12.4 Å². The van der Waals surface area contributed by atoms with Gasteiger partial charge in [-0.1, -0.05) is 19.8 Å². The second-order valence-electron chi connectivity index (χ2n) is 5.11. The first kappa shape index (κ1) is 11.6. The summed E-state index contributed by atoms with van der Waals surface area (Å²) in [6.45, 7) is 5.22. The molecule has 3 heteroatoms. The molecule has 90 valence electrons. The van der Waals surface area contributed by atoms with Crippen molar-refractivity contribution in [3.8, 4) is 0 Å². The Morgan fingerprint density at radius 2 is 2.38 bits per heavy atom. The predicted molar refractivity (Wildman–Crippen MR) is 64.0 cm³/mol. The maximum absolute atomic E-state index is 10.3. The van der Waals surface area contributed by atoms with Gasteiger partial charge < -0.3 is 5.11 Å². The Morgan fingerprint density at radius 1 is 1.56 bits per heavy atom. The van der Waals surface area contributed by atoms with Crippen molar-refractivity contribution in [2.75, 3.05) is 0 Å². The van der Waals surface area contributed by atoms with Crippen LogP contribution in [-0.4, -0.2) is 14.9 Å². The van der Waals surface area contributed by atoms with Crippen molar-refractivity contribution in [1.29, 1.82) is 0 Å². The molecule has 0 amide bonds. The summed E-state index contributed by atoms with van der Waals surface area (Å²) in [6, 6.07) is 0. The van der Waals surface area contributed by atoms with Gasteiger partial charge in [-0.05, 0) is 31.6 Å². The van der Waals surface area contributed by atoms with Gasteiger partial charge in [-0.15, -0.1) is 0 Å². The maximum Gasteiger partial charge on any atom is 0.0848 e. The van der Waals surface area contributed by atoms with E-state index in [1.54, 1.807) is 0 Å². The van der Waals surface area contributed by atoms with Gasteiger partial charge in [0.15, 0.2) is 0 Å². The van der Waals surface area contributed by atoms with Crippen molar-refractivity contribution < 1.29 is 5.11 Å². The first-order valence-corrected chi connectivity index (χ1v) is 6.41. The lowest BCUT2D eigenvalue weighted by Gasteiger charge is -2.29. The molecule has 1 N–H and O–H groups in total. The largest absolute Gasteiger partial charge is 0.388 e. The number of aliphatic hydroxyl groups is 1. The molecule has 0 aromatic carbocycles. The van der Waals surface area contributed by atoms with Crippen molar-refractivity contribution in [3.05, 3.63) is 18.0 Å². The zero-order valence-corrected chi connectivity index (χ0v) is 10.3. The van der Waals surface area contributed by atoms with Gasteiger partial charge in [0.25, 0.3) is 0 Å². The minimum atomic E-state index is -0.317. The fraction of sp³-hybridized carbons (Fsp3) is 0.769. The molecule has 1 aliphatic rings. The molecule has 0 bridgehead atoms. The second kappa shape index (κ2) is 5.00. The molecule has 3 nitrogen and oxygen atoms in total. The molecule has 1 aliphatic carbocycles. The number of aliphatic hydroxyl groups excluding tert-OH is 1. The number of rotatable bonds is 3. The normalized spacial score (nSPS) is 27.9. The summed E-state index contributed by atoms with van der Waals surface area (Å²) < 4.78 is 1.88. The zero-order valence-electron chi connectivity index (χ0n) is 10.3. The molecule has 3 unspecified atom stereocenters. The monoisotopic (exact) mass is 222 g/mol. The highest BCUT2D eigenvalue weighted by atomic mass is 16.3. The molecule has 2 rings (SSSR count). The van der Waals surface area contributed by atoms with Gasteiger partial charge in [0.1, 0.15) is 0 Å². The summed E-state index contributed by atoms with van der Waals surface area (Å²) >= 11 is 0. The first-order chi connectivity index (χ1) is 7.70. The number of hydrogen-bond donors (Lipinski definition) is 1. The summed E-state index contributed by atoms with van der Waals surface area (Å²) in [6.07, 6.45) is 8.35. The Bertz CT molecular complexity index is 334. The van der Waals surface area contributed by atoms with E-state index < -0.39 is 0 Å². The predicted octanol–water partition coefficient (Wildman–Crippen LogP) is 2.76. The first-order valence-electron chi connectivity index (χ1n) is 6.41. The number of hydrogen-bond acceptors (Lipinski definition) is 2. The van der Waals surface area contributed by atoms with Crippen molar-refractivity contribution in [2.24, 2.45) is 11.8 Å². The van der Waals surface area contributed by atoms with E-state index in [4.69, 9.17) is 0 Å². The smallest absolute Gasteiger partial charge is 0.0848 e. The Kier molecular flexibility index (Phi) is 3.64. The van der Waals surface area contributed by atoms with Crippen LogP contribution in [0.5, 0.6) is 0 Å². The molecule has 1 aromatic heterocycles. The summed E-state index contributed by atoms with van der Waals surface area (Å²) in [5.41, 5.74) is 0.987.